The first-order valence-electron chi connectivity index (χ1n) is 10.9. The minimum Gasteiger partial charge on any atom is -0.504 e. The lowest BCUT2D eigenvalue weighted by Crippen LogP contribution is -2.36. The quantitative estimate of drug-likeness (QED) is 0.578. The van der Waals surface area contributed by atoms with Crippen LogP contribution in [0.2, 0.25) is 0 Å². The van der Waals surface area contributed by atoms with E-state index in [1.165, 1.54) is 12.1 Å². The summed E-state index contributed by atoms with van der Waals surface area (Å²) in [6.07, 6.45) is 1.54. The van der Waals surface area contributed by atoms with Gasteiger partial charge in [0.05, 0.1) is 24.7 Å². The van der Waals surface area contributed by atoms with Crippen molar-refractivity contribution in [3.05, 3.63) is 52.9 Å². The Kier molecular flexibility index (Phi) is 7.39. The molecule has 9 nitrogen and oxygen atoms in total. The van der Waals surface area contributed by atoms with Crippen LogP contribution in [0.4, 0.5) is 16.2 Å². The van der Waals surface area contributed by atoms with E-state index in [0.717, 1.165) is 35.4 Å². The number of phenols is 1. The fraction of sp³-hybridized carbons (Fsp3) is 0.292. The molecule has 0 atom stereocenters. The number of hydrogen-bond acceptors (Lipinski definition) is 8. The summed E-state index contributed by atoms with van der Waals surface area (Å²) < 4.78 is 10.7. The summed E-state index contributed by atoms with van der Waals surface area (Å²) in [5.41, 5.74) is 2.22. The molecule has 0 aromatic heterocycles. The molecule has 3 amide bonds. The highest BCUT2D eigenvalue weighted by Gasteiger charge is 2.36. The number of nitrogens with zero attached hydrogens (tertiary/aromatic N) is 2. The third-order valence-electron chi connectivity index (χ3n) is 5.28. The third kappa shape index (κ3) is 5.52. The Hall–Kier alpha value is -3.50. The summed E-state index contributed by atoms with van der Waals surface area (Å²) in [4.78, 5) is 40.9. The van der Waals surface area contributed by atoms with Crippen LogP contribution in [-0.2, 0) is 14.3 Å². The molecule has 178 valence electrons. The van der Waals surface area contributed by atoms with Crippen LogP contribution in [0.3, 0.4) is 0 Å². The number of thioether (sulfide) groups is 1. The number of rotatable bonds is 7. The lowest BCUT2D eigenvalue weighted by molar-refractivity contribution is -0.127. The highest BCUT2D eigenvalue weighted by atomic mass is 32.2. The summed E-state index contributed by atoms with van der Waals surface area (Å²) >= 11 is 0.766. The topological polar surface area (TPSA) is 108 Å². The van der Waals surface area contributed by atoms with Gasteiger partial charge in [-0.1, -0.05) is 6.07 Å². The van der Waals surface area contributed by atoms with Gasteiger partial charge in [0.2, 0.25) is 5.91 Å². The summed E-state index contributed by atoms with van der Waals surface area (Å²) in [7, 11) is 0. The van der Waals surface area contributed by atoms with Gasteiger partial charge in [0.25, 0.3) is 11.1 Å². The number of carbonyl (C=O) groups excluding carboxylic acids is 3. The standard InChI is InChI=1S/C24H25N3O6S/c1-2-33-20-13-16(3-8-19(20)28)14-21-23(30)27(24(31)34-21)15-22(29)25-17-4-6-18(7-5-17)26-9-11-32-12-10-26/h3-8,13-14,28H,2,9-12,15H2,1H3,(H,25,29). The highest BCUT2D eigenvalue weighted by Crippen LogP contribution is 2.34. The largest absolute Gasteiger partial charge is 0.504 e. The zero-order valence-corrected chi connectivity index (χ0v) is 19.5. The van der Waals surface area contributed by atoms with Crippen LogP contribution in [0.1, 0.15) is 12.5 Å². The number of imide groups is 1. The van der Waals surface area contributed by atoms with E-state index in [-0.39, 0.29) is 22.9 Å². The smallest absolute Gasteiger partial charge is 0.294 e. The fourth-order valence-electron chi connectivity index (χ4n) is 3.60. The molecule has 0 unspecified atom stereocenters. The van der Waals surface area contributed by atoms with Crippen LogP contribution in [0, 0.1) is 0 Å². The van der Waals surface area contributed by atoms with Crippen molar-refractivity contribution >= 4 is 46.3 Å². The molecule has 2 fully saturated rings. The average Bonchev–Trinajstić information content (AvgIpc) is 3.09. The molecule has 0 saturated carbocycles. The molecular formula is C24H25N3O6S. The first-order valence-corrected chi connectivity index (χ1v) is 11.7. The number of anilines is 2. The maximum Gasteiger partial charge on any atom is 0.294 e. The molecule has 0 aliphatic carbocycles. The van der Waals surface area contributed by atoms with Crippen LogP contribution >= 0.6 is 11.8 Å². The van der Waals surface area contributed by atoms with Gasteiger partial charge in [-0.3, -0.25) is 19.3 Å². The van der Waals surface area contributed by atoms with E-state index < -0.39 is 17.1 Å². The van der Waals surface area contributed by atoms with Crippen molar-refractivity contribution < 1.29 is 29.0 Å². The van der Waals surface area contributed by atoms with Crippen molar-refractivity contribution in [2.75, 3.05) is 49.7 Å². The molecule has 4 rings (SSSR count). The zero-order valence-electron chi connectivity index (χ0n) is 18.7. The van der Waals surface area contributed by atoms with E-state index in [9.17, 15) is 19.5 Å². The lowest BCUT2D eigenvalue weighted by Gasteiger charge is -2.28. The van der Waals surface area contributed by atoms with Gasteiger partial charge in [0.15, 0.2) is 11.5 Å². The molecule has 2 aliphatic heterocycles. The van der Waals surface area contributed by atoms with Crippen molar-refractivity contribution in [3.63, 3.8) is 0 Å². The predicted octanol–water partition coefficient (Wildman–Crippen LogP) is 3.30. The van der Waals surface area contributed by atoms with Crippen molar-refractivity contribution in [2.45, 2.75) is 6.92 Å². The fourth-order valence-corrected chi connectivity index (χ4v) is 4.44. The predicted molar refractivity (Wildman–Crippen MR) is 130 cm³/mol. The number of aromatic hydroxyl groups is 1. The van der Waals surface area contributed by atoms with E-state index in [2.05, 4.69) is 10.2 Å². The monoisotopic (exact) mass is 483 g/mol. The minimum atomic E-state index is -0.543. The van der Waals surface area contributed by atoms with E-state index >= 15 is 0 Å². The molecule has 2 aliphatic rings. The molecule has 2 heterocycles. The summed E-state index contributed by atoms with van der Waals surface area (Å²) in [6, 6.07) is 12.1. The Balaban J connectivity index is 1.38. The van der Waals surface area contributed by atoms with Gasteiger partial charge in [-0.2, -0.15) is 0 Å². The van der Waals surface area contributed by atoms with Crippen LogP contribution in [0.25, 0.3) is 6.08 Å². The number of morpholine rings is 1. The molecule has 34 heavy (non-hydrogen) atoms. The van der Waals surface area contributed by atoms with Crippen molar-refractivity contribution in [1.29, 1.82) is 0 Å². The number of benzene rings is 2. The van der Waals surface area contributed by atoms with Crippen molar-refractivity contribution in [1.82, 2.24) is 4.90 Å². The van der Waals surface area contributed by atoms with Gasteiger partial charge < -0.3 is 24.8 Å². The summed E-state index contributed by atoms with van der Waals surface area (Å²) in [6.45, 7) is 4.79. The van der Waals surface area contributed by atoms with Gasteiger partial charge in [0, 0.05) is 24.5 Å². The number of hydrogen-bond donors (Lipinski definition) is 2. The number of ether oxygens (including phenoxy) is 2. The molecule has 0 radical (unpaired) electrons. The second-order valence-electron chi connectivity index (χ2n) is 7.62. The highest BCUT2D eigenvalue weighted by molar-refractivity contribution is 8.18. The molecule has 2 aromatic rings. The van der Waals surface area contributed by atoms with E-state index in [1.807, 2.05) is 12.1 Å². The van der Waals surface area contributed by atoms with Crippen LogP contribution in [0.15, 0.2) is 47.4 Å². The first-order chi connectivity index (χ1) is 16.4. The van der Waals surface area contributed by atoms with Crippen LogP contribution < -0.4 is 15.0 Å². The summed E-state index contributed by atoms with van der Waals surface area (Å²) in [5, 5.41) is 12.0. The van der Waals surface area contributed by atoms with E-state index in [1.54, 1.807) is 31.2 Å². The van der Waals surface area contributed by atoms with E-state index in [4.69, 9.17) is 9.47 Å². The zero-order chi connectivity index (χ0) is 24.1. The van der Waals surface area contributed by atoms with Gasteiger partial charge in [-0.05, 0) is 66.7 Å². The molecule has 2 aromatic carbocycles. The third-order valence-corrected chi connectivity index (χ3v) is 6.19. The molecule has 2 saturated heterocycles. The Morgan fingerprint density at radius 1 is 1.18 bits per heavy atom. The second-order valence-corrected chi connectivity index (χ2v) is 8.62. The Morgan fingerprint density at radius 2 is 1.91 bits per heavy atom. The Morgan fingerprint density at radius 3 is 2.62 bits per heavy atom. The van der Waals surface area contributed by atoms with Gasteiger partial charge in [0.1, 0.15) is 6.54 Å². The van der Waals surface area contributed by atoms with Crippen LogP contribution in [0.5, 0.6) is 11.5 Å². The number of amides is 3. The second kappa shape index (κ2) is 10.6. The maximum atomic E-state index is 12.7. The van der Waals surface area contributed by atoms with Crippen molar-refractivity contribution in [2.24, 2.45) is 0 Å². The molecule has 0 bridgehead atoms. The molecule has 10 heteroatoms. The van der Waals surface area contributed by atoms with Gasteiger partial charge >= 0.3 is 0 Å². The van der Waals surface area contributed by atoms with Crippen LogP contribution in [-0.4, -0.2) is 66.5 Å². The van der Waals surface area contributed by atoms with Crippen molar-refractivity contribution in [3.8, 4) is 11.5 Å². The lowest BCUT2D eigenvalue weighted by atomic mass is 10.2. The van der Waals surface area contributed by atoms with Gasteiger partial charge in [-0.15, -0.1) is 0 Å². The minimum absolute atomic E-state index is 0.0123. The normalized spacial score (nSPS) is 17.4. The molecular weight excluding hydrogens is 458 g/mol. The SMILES string of the molecule is CCOc1cc(C=C2SC(=O)N(CC(=O)Nc3ccc(N4CCOCC4)cc3)C2=O)ccc1O. The number of phenolic OH excluding ortho intramolecular Hbond substituents is 1. The average molecular weight is 484 g/mol. The molecule has 0 spiro atoms. The Bertz CT molecular complexity index is 1110. The Labute approximate surface area is 201 Å². The number of carbonyl (C=O) groups is 3. The van der Waals surface area contributed by atoms with Gasteiger partial charge in [-0.25, -0.2) is 0 Å². The maximum absolute atomic E-state index is 12.7. The molecule has 2 N–H and O–H groups in total. The number of nitrogens with one attached hydrogen (secondary N) is 1. The summed E-state index contributed by atoms with van der Waals surface area (Å²) in [5.74, 6) is -0.735. The van der Waals surface area contributed by atoms with E-state index in [0.29, 0.717) is 31.1 Å². The first kappa shape index (κ1) is 23.7.